The summed E-state index contributed by atoms with van der Waals surface area (Å²) in [6.45, 7) is 43.1. The van der Waals surface area contributed by atoms with Crippen LogP contribution < -0.4 is 28.7 Å². The molecule has 20 aromatic rings. The van der Waals surface area contributed by atoms with Gasteiger partial charge < -0.3 is 18.9 Å². The number of rotatable bonds is 16. The van der Waals surface area contributed by atoms with Crippen molar-refractivity contribution in [1.29, 1.82) is 0 Å². The average Bonchev–Trinajstić information content (AvgIpc) is 0.684. The van der Waals surface area contributed by atoms with Crippen LogP contribution in [0.1, 0.15) is 270 Å². The van der Waals surface area contributed by atoms with Crippen LogP contribution in [-0.4, -0.2) is 23.6 Å². The SMILES string of the molecule is CC(C)c1cccc(C(C)C)c1N1C(=O)c2cc(Oc3ccc(C(C)(C)C)cc3)c3c4cccc5c(-c6cc7cc8c(cc7cc6Cl)/C=C\c6cc7cc(-c9ccc%10c%11c(Oc%12ccc(C(C)(C)C)cc%12)cc%12c%13c(cc(Oc%14ccc(C(C)(C)C)cc%14)c(c%14cccc9c%14%10)c%13%11)C(=O)N(c9c(C(C)C)cccc9C(C)C)C%12=O)c(Cl)cc7cc6C=C8)ccc(c6c(Oc7ccc(C(C)(C)C)cc7)cc(c2c36)C1=O)c54. The minimum absolute atomic E-state index is 0.0224. The van der Waals surface area contributed by atoms with E-state index < -0.39 is 23.6 Å². The number of fused-ring (bicyclic) bond motifs is 8. The van der Waals surface area contributed by atoms with Gasteiger partial charge in [0, 0.05) is 64.3 Å². The van der Waals surface area contributed by atoms with E-state index >= 15 is 19.2 Å². The second-order valence-electron chi connectivity index (χ2n) is 45.0. The second kappa shape index (κ2) is 33.9. The molecule has 144 heavy (non-hydrogen) atoms. The van der Waals surface area contributed by atoms with Crippen molar-refractivity contribution < 1.29 is 38.1 Å². The zero-order valence-corrected chi connectivity index (χ0v) is 86.5. The van der Waals surface area contributed by atoms with Crippen molar-refractivity contribution in [3.63, 3.8) is 0 Å². The molecule has 0 saturated heterocycles. The Kier molecular flexibility index (Phi) is 21.8. The van der Waals surface area contributed by atoms with E-state index in [1.807, 2.05) is 109 Å². The topological polar surface area (TPSA) is 112 Å². The summed E-state index contributed by atoms with van der Waals surface area (Å²) in [5.41, 5.74) is 17.9. The van der Waals surface area contributed by atoms with Crippen LogP contribution in [0.15, 0.2) is 267 Å². The lowest BCUT2D eigenvalue weighted by atomic mass is 9.82. The van der Waals surface area contributed by atoms with Crippen LogP contribution in [0.3, 0.4) is 0 Å². The number of anilines is 2. The van der Waals surface area contributed by atoms with Crippen molar-refractivity contribution in [2.45, 2.75) is 184 Å². The first-order valence-corrected chi connectivity index (χ1v) is 51.0. The van der Waals surface area contributed by atoms with Crippen LogP contribution in [0.25, 0.3) is 154 Å². The molecule has 0 radical (unpaired) electrons. The molecule has 0 unspecified atom stereocenters. The highest BCUT2D eigenvalue weighted by molar-refractivity contribution is 6.47. The first-order chi connectivity index (χ1) is 68.7. The lowest BCUT2D eigenvalue weighted by Crippen LogP contribution is -2.42. The number of halogens is 2. The van der Waals surface area contributed by atoms with E-state index in [0.717, 1.165) is 175 Å². The van der Waals surface area contributed by atoms with E-state index in [-0.39, 0.29) is 45.3 Å². The third-order valence-corrected chi connectivity index (χ3v) is 30.8. The lowest BCUT2D eigenvalue weighted by molar-refractivity contribution is 0.0877. The van der Waals surface area contributed by atoms with Crippen molar-refractivity contribution >= 4 is 190 Å². The number of benzene rings is 20. The second-order valence-corrected chi connectivity index (χ2v) is 45.9. The highest BCUT2D eigenvalue weighted by atomic mass is 35.5. The molecule has 1 aliphatic carbocycles. The molecule has 0 saturated carbocycles. The minimum atomic E-state index is -0.428. The fourth-order valence-corrected chi connectivity index (χ4v) is 23.2. The molecule has 0 fully saturated rings. The number of carbonyl (C=O) groups is 4. The Morgan fingerprint density at radius 1 is 0.229 bits per heavy atom. The Morgan fingerprint density at radius 2 is 0.465 bits per heavy atom. The van der Waals surface area contributed by atoms with E-state index in [2.05, 4.69) is 321 Å². The highest BCUT2D eigenvalue weighted by Gasteiger charge is 2.44. The maximum atomic E-state index is 16.2. The number of carbonyl (C=O) groups excluding carboxylic acids is 4. The Labute approximate surface area is 850 Å². The van der Waals surface area contributed by atoms with Gasteiger partial charge in [-0.25, -0.2) is 9.80 Å². The smallest absolute Gasteiger partial charge is 0.266 e. The fourth-order valence-electron chi connectivity index (χ4n) is 22.6. The summed E-state index contributed by atoms with van der Waals surface area (Å²) in [5, 5.41) is 17.7. The normalized spacial score (nSPS) is 13.9. The number of amides is 4. The quantitative estimate of drug-likeness (QED) is 0.0534. The molecule has 2 heterocycles. The molecule has 0 aromatic heterocycles. The largest absolute Gasteiger partial charge is 0.457 e. The van der Waals surface area contributed by atoms with E-state index in [9.17, 15) is 0 Å². The summed E-state index contributed by atoms with van der Waals surface area (Å²) in [5.74, 6) is 2.39. The monoisotopic (exact) mass is 1920 g/mol. The number of hydrogen-bond acceptors (Lipinski definition) is 8. The molecule has 0 atom stereocenters. The predicted molar refractivity (Wildman–Crippen MR) is 601 cm³/mol. The van der Waals surface area contributed by atoms with Gasteiger partial charge >= 0.3 is 0 Å². The number of imide groups is 2. The van der Waals surface area contributed by atoms with Gasteiger partial charge in [-0.1, -0.05) is 332 Å². The number of hydrogen-bond donors (Lipinski definition) is 0. The zero-order valence-electron chi connectivity index (χ0n) is 84.9. The Hall–Kier alpha value is -14.9. The molecule has 4 amide bonds. The third kappa shape index (κ3) is 15.2. The summed E-state index contributed by atoms with van der Waals surface area (Å²) in [6.07, 6.45) is 8.80. The van der Waals surface area contributed by atoms with E-state index in [0.29, 0.717) is 111 Å². The van der Waals surface area contributed by atoms with Gasteiger partial charge in [-0.05, 0) is 309 Å². The highest BCUT2D eigenvalue weighted by Crippen LogP contribution is 2.59. The summed E-state index contributed by atoms with van der Waals surface area (Å²) < 4.78 is 29.3. The minimum Gasteiger partial charge on any atom is -0.457 e. The molecule has 23 rings (SSSR count). The van der Waals surface area contributed by atoms with Crippen molar-refractivity contribution in [3.8, 4) is 68.2 Å². The lowest BCUT2D eigenvalue weighted by Gasteiger charge is -2.33. The van der Waals surface area contributed by atoms with Crippen molar-refractivity contribution in [3.05, 3.63) is 366 Å². The summed E-state index contributed by atoms with van der Waals surface area (Å²) in [4.78, 5) is 67.7. The maximum absolute atomic E-state index is 16.2. The first-order valence-electron chi connectivity index (χ1n) is 50.3. The van der Waals surface area contributed by atoms with Crippen molar-refractivity contribution in [2.75, 3.05) is 9.80 Å². The number of ether oxygens (including phenoxy) is 4. The van der Waals surface area contributed by atoms with Gasteiger partial charge in [0.2, 0.25) is 0 Å². The Balaban J connectivity index is 0.651. The molecule has 0 bridgehead atoms. The van der Waals surface area contributed by atoms with Gasteiger partial charge in [0.05, 0.1) is 33.6 Å². The van der Waals surface area contributed by atoms with Gasteiger partial charge in [-0.2, -0.15) is 0 Å². The Morgan fingerprint density at radius 3 is 0.715 bits per heavy atom. The molecule has 2 aliphatic heterocycles. The van der Waals surface area contributed by atoms with Gasteiger partial charge in [-0.3, -0.25) is 19.2 Å². The first kappa shape index (κ1) is 92.8. The van der Waals surface area contributed by atoms with Gasteiger partial charge in [0.15, 0.2) is 0 Å². The van der Waals surface area contributed by atoms with E-state index in [1.54, 1.807) is 0 Å². The van der Waals surface area contributed by atoms with E-state index in [1.165, 1.54) is 9.80 Å². The van der Waals surface area contributed by atoms with Crippen molar-refractivity contribution in [1.82, 2.24) is 0 Å². The van der Waals surface area contributed by atoms with Crippen LogP contribution in [0.5, 0.6) is 46.0 Å². The molecule has 3 aliphatic rings. The summed E-state index contributed by atoms with van der Waals surface area (Å²) in [6, 6.07) is 91.4. The summed E-state index contributed by atoms with van der Waals surface area (Å²) >= 11 is 15.6. The number of nitrogens with zero attached hydrogens (tertiary/aromatic N) is 2. The molecule has 10 nitrogen and oxygen atoms in total. The van der Waals surface area contributed by atoms with E-state index in [4.69, 9.17) is 42.1 Å². The van der Waals surface area contributed by atoms with Gasteiger partial charge in [0.25, 0.3) is 23.6 Å². The third-order valence-electron chi connectivity index (χ3n) is 30.2. The molecule has 712 valence electrons. The summed E-state index contributed by atoms with van der Waals surface area (Å²) in [7, 11) is 0. The molecular weight excluding hydrogens is 1810 g/mol. The zero-order chi connectivity index (χ0) is 101. The molecule has 0 N–H and O–H groups in total. The predicted octanol–water partition coefficient (Wildman–Crippen LogP) is 37.8. The van der Waals surface area contributed by atoms with Crippen LogP contribution in [0, 0.1) is 0 Å². The van der Waals surface area contributed by atoms with Crippen LogP contribution >= 0.6 is 23.2 Å². The van der Waals surface area contributed by atoms with Crippen LogP contribution in [-0.2, 0) is 21.7 Å². The number of para-hydroxylation sites is 2. The molecule has 0 spiro atoms. The standard InChI is InChI=1S/C132H112Cl2N2O8/c1-69(2)89-25-21-26-90(70(3)4)123(89)135-125(137)103-65-109(141-85-45-37-81(38-46-85)129(9,10)11)117-97-31-23-29-95-93(53-55-99(113(95)97)119-111(67-105(127(135)139)115(103)121(117)119)143-87-49-41-83(42-50-87)131(15,16)17)101-61-77-57-73-33-35-76-60-80-64-108(134)102(62-78(80)58-74(76)34-36-75(73)59-79(77)63-107(101)133)94-54-56-100-114-96(94)30-24-32-98(114)118-110(142-86-47-39-82(40-48-86)130(12,13)14)66-104-116-106(68-112(120(100)122(116)118)144-88-51-43-84(44-52-88)132(18,19)20)128(140)136(126(104)138)124-91(71(5)6)27-22-28-92(124)72(7)8/h21-72H,1-20H3/b35-33-,36-34?,73-33?,74-34?,75-36?,76-35?. The van der Waals surface area contributed by atoms with Gasteiger partial charge in [0.1, 0.15) is 46.0 Å². The average molecular weight is 1930 g/mol. The van der Waals surface area contributed by atoms with Crippen LogP contribution in [0.2, 0.25) is 10.0 Å². The van der Waals surface area contributed by atoms with Crippen molar-refractivity contribution in [2.24, 2.45) is 0 Å². The fraction of sp³-hybridized carbons (Fsp3) is 0.212. The molecular formula is C132H112Cl2N2O8. The maximum Gasteiger partial charge on any atom is 0.266 e. The molecule has 20 aromatic carbocycles. The Bertz CT molecular complexity index is 8160. The molecule has 12 heteroatoms. The van der Waals surface area contributed by atoms with Crippen LogP contribution in [0.4, 0.5) is 11.4 Å². The van der Waals surface area contributed by atoms with Gasteiger partial charge in [-0.15, -0.1) is 0 Å².